The van der Waals surface area contributed by atoms with Gasteiger partial charge in [0.2, 0.25) is 5.91 Å². The van der Waals surface area contributed by atoms with E-state index in [1.807, 2.05) is 19.9 Å². The van der Waals surface area contributed by atoms with Crippen LogP contribution in [0, 0.1) is 0 Å². The molecular weight excluding hydrogens is 250 g/mol. The van der Waals surface area contributed by atoms with Crippen LogP contribution in [0.4, 0.5) is 5.69 Å². The van der Waals surface area contributed by atoms with E-state index < -0.39 is 0 Å². The number of rotatable bonds is 6. The zero-order valence-corrected chi connectivity index (χ0v) is 13.5. The van der Waals surface area contributed by atoms with Gasteiger partial charge in [-0.15, -0.1) is 0 Å². The van der Waals surface area contributed by atoms with Crippen molar-refractivity contribution >= 4 is 11.6 Å². The summed E-state index contributed by atoms with van der Waals surface area (Å²) in [7, 11) is 0. The van der Waals surface area contributed by atoms with E-state index in [1.54, 1.807) is 0 Å². The lowest BCUT2D eigenvalue weighted by Crippen LogP contribution is -2.21. The van der Waals surface area contributed by atoms with E-state index in [-0.39, 0.29) is 18.6 Å². The lowest BCUT2D eigenvalue weighted by atomic mass is 9.94. The van der Waals surface area contributed by atoms with Gasteiger partial charge in [0.1, 0.15) is 6.61 Å². The van der Waals surface area contributed by atoms with Gasteiger partial charge in [0, 0.05) is 5.69 Å². The lowest BCUT2D eigenvalue weighted by molar-refractivity contribution is -0.121. The fraction of sp³-hybridized carbons (Fsp3) is 0.588. The third-order valence-electron chi connectivity index (χ3n) is 3.19. The minimum atomic E-state index is -0.0992. The Kier molecular flexibility index (Phi) is 6.21. The van der Waals surface area contributed by atoms with Gasteiger partial charge in [-0.3, -0.25) is 4.79 Å². The maximum absolute atomic E-state index is 11.9. The van der Waals surface area contributed by atoms with Crippen LogP contribution in [0.15, 0.2) is 18.2 Å². The van der Waals surface area contributed by atoms with Crippen LogP contribution in [0.1, 0.15) is 64.5 Å². The van der Waals surface area contributed by atoms with Gasteiger partial charge < -0.3 is 10.1 Å². The molecule has 1 rings (SSSR count). The number of carbonyl (C=O) groups is 1. The molecule has 20 heavy (non-hydrogen) atoms. The van der Waals surface area contributed by atoms with Crippen molar-refractivity contribution in [3.05, 3.63) is 29.3 Å². The van der Waals surface area contributed by atoms with E-state index in [1.165, 1.54) is 11.1 Å². The molecule has 0 spiro atoms. The number of hydrogen-bond acceptors (Lipinski definition) is 2. The molecule has 0 aliphatic rings. The van der Waals surface area contributed by atoms with E-state index in [4.69, 9.17) is 4.74 Å². The molecule has 1 N–H and O–H groups in total. The fourth-order valence-corrected chi connectivity index (χ4v) is 1.96. The summed E-state index contributed by atoms with van der Waals surface area (Å²) in [6, 6.07) is 6.27. The Morgan fingerprint density at radius 3 is 2.25 bits per heavy atom. The van der Waals surface area contributed by atoms with Crippen LogP contribution in [-0.4, -0.2) is 18.6 Å². The van der Waals surface area contributed by atoms with Crippen molar-refractivity contribution in [2.75, 3.05) is 11.9 Å². The Hall–Kier alpha value is -1.35. The second-order valence-corrected chi connectivity index (χ2v) is 6.06. The normalized spacial score (nSPS) is 11.4. The first-order chi connectivity index (χ1) is 9.31. The highest BCUT2D eigenvalue weighted by atomic mass is 16.5. The molecule has 0 saturated carbocycles. The zero-order valence-electron chi connectivity index (χ0n) is 13.5. The molecule has 0 bridgehead atoms. The molecule has 1 aromatic rings. The van der Waals surface area contributed by atoms with Gasteiger partial charge in [0.05, 0.1) is 6.10 Å². The molecule has 0 aliphatic carbocycles. The van der Waals surface area contributed by atoms with Crippen LogP contribution in [0.25, 0.3) is 0 Å². The lowest BCUT2D eigenvalue weighted by Gasteiger charge is -2.17. The summed E-state index contributed by atoms with van der Waals surface area (Å²) in [5.74, 6) is 0.759. The van der Waals surface area contributed by atoms with Crippen molar-refractivity contribution in [1.82, 2.24) is 0 Å². The van der Waals surface area contributed by atoms with E-state index >= 15 is 0 Å². The third-order valence-corrected chi connectivity index (χ3v) is 3.19. The summed E-state index contributed by atoms with van der Waals surface area (Å²) in [6.07, 6.45) is 0.0636. The molecule has 112 valence electrons. The van der Waals surface area contributed by atoms with Gasteiger partial charge in [-0.05, 0) is 42.9 Å². The van der Waals surface area contributed by atoms with E-state index in [0.29, 0.717) is 11.8 Å². The highest BCUT2D eigenvalue weighted by Gasteiger charge is 2.12. The minimum Gasteiger partial charge on any atom is -0.369 e. The molecule has 0 radical (unpaired) electrons. The van der Waals surface area contributed by atoms with Crippen molar-refractivity contribution in [2.24, 2.45) is 0 Å². The summed E-state index contributed by atoms with van der Waals surface area (Å²) >= 11 is 0. The first-order valence-corrected chi connectivity index (χ1v) is 7.36. The molecule has 0 unspecified atom stereocenters. The number of benzene rings is 1. The molecule has 0 heterocycles. The average Bonchev–Trinajstić information content (AvgIpc) is 2.36. The standard InChI is InChI=1S/C17H27NO2/c1-11(2)14-7-8-16(15(9-14)12(3)4)18-17(19)10-20-13(5)6/h7-9,11-13H,10H2,1-6H3,(H,18,19). The molecular formula is C17H27NO2. The number of carbonyl (C=O) groups excluding carboxylic acids is 1. The fourth-order valence-electron chi connectivity index (χ4n) is 1.96. The number of nitrogens with one attached hydrogen (secondary N) is 1. The highest BCUT2D eigenvalue weighted by molar-refractivity contribution is 5.92. The van der Waals surface area contributed by atoms with Gasteiger partial charge in [0.15, 0.2) is 0 Å². The van der Waals surface area contributed by atoms with Gasteiger partial charge >= 0.3 is 0 Å². The van der Waals surface area contributed by atoms with E-state index in [0.717, 1.165) is 5.69 Å². The Morgan fingerprint density at radius 1 is 1.10 bits per heavy atom. The molecule has 3 nitrogen and oxygen atoms in total. The van der Waals surface area contributed by atoms with Gasteiger partial charge in [0.25, 0.3) is 0 Å². The molecule has 0 aromatic heterocycles. The van der Waals surface area contributed by atoms with Crippen LogP contribution in [0.5, 0.6) is 0 Å². The van der Waals surface area contributed by atoms with Crippen molar-refractivity contribution in [1.29, 1.82) is 0 Å². The Balaban J connectivity index is 2.86. The van der Waals surface area contributed by atoms with Crippen molar-refractivity contribution in [3.8, 4) is 0 Å². The largest absolute Gasteiger partial charge is 0.369 e. The van der Waals surface area contributed by atoms with Gasteiger partial charge in [-0.25, -0.2) is 0 Å². The Labute approximate surface area is 122 Å². The quantitative estimate of drug-likeness (QED) is 0.842. The molecule has 1 aromatic carbocycles. The SMILES string of the molecule is CC(C)OCC(=O)Nc1ccc(C(C)C)cc1C(C)C. The minimum absolute atomic E-state index is 0.0636. The van der Waals surface area contributed by atoms with Crippen LogP contribution in [0.3, 0.4) is 0 Å². The molecule has 0 saturated heterocycles. The summed E-state index contributed by atoms with van der Waals surface area (Å²) in [6.45, 7) is 12.6. The Morgan fingerprint density at radius 2 is 1.75 bits per heavy atom. The zero-order chi connectivity index (χ0) is 15.3. The number of amides is 1. The Bertz CT molecular complexity index is 450. The molecule has 0 fully saturated rings. The summed E-state index contributed by atoms with van der Waals surface area (Å²) in [5, 5.41) is 2.95. The van der Waals surface area contributed by atoms with Crippen molar-refractivity contribution in [2.45, 2.75) is 59.5 Å². The monoisotopic (exact) mass is 277 g/mol. The molecule has 0 aliphatic heterocycles. The van der Waals surface area contributed by atoms with Crippen LogP contribution in [-0.2, 0) is 9.53 Å². The van der Waals surface area contributed by atoms with Crippen LogP contribution in [0.2, 0.25) is 0 Å². The highest BCUT2D eigenvalue weighted by Crippen LogP contribution is 2.28. The van der Waals surface area contributed by atoms with Gasteiger partial charge in [-0.1, -0.05) is 39.8 Å². The number of ether oxygens (including phenoxy) is 1. The third kappa shape index (κ3) is 4.97. The predicted octanol–water partition coefficient (Wildman–Crippen LogP) is 4.30. The summed E-state index contributed by atoms with van der Waals surface area (Å²) in [4.78, 5) is 11.9. The second-order valence-electron chi connectivity index (χ2n) is 6.06. The summed E-state index contributed by atoms with van der Waals surface area (Å²) in [5.41, 5.74) is 3.36. The van der Waals surface area contributed by atoms with E-state index in [2.05, 4.69) is 45.1 Å². The van der Waals surface area contributed by atoms with Crippen LogP contribution >= 0.6 is 0 Å². The maximum atomic E-state index is 11.9. The second kappa shape index (κ2) is 7.44. The van der Waals surface area contributed by atoms with Crippen LogP contribution < -0.4 is 5.32 Å². The topological polar surface area (TPSA) is 38.3 Å². The van der Waals surface area contributed by atoms with Crippen molar-refractivity contribution in [3.63, 3.8) is 0 Å². The van der Waals surface area contributed by atoms with E-state index in [9.17, 15) is 4.79 Å². The van der Waals surface area contributed by atoms with Gasteiger partial charge in [-0.2, -0.15) is 0 Å². The molecule has 1 amide bonds. The van der Waals surface area contributed by atoms with Crippen molar-refractivity contribution < 1.29 is 9.53 Å². The predicted molar refractivity (Wildman–Crippen MR) is 84.3 cm³/mol. The molecule has 0 atom stereocenters. The first kappa shape index (κ1) is 16.7. The number of hydrogen-bond donors (Lipinski definition) is 1. The first-order valence-electron chi connectivity index (χ1n) is 7.36. The summed E-state index contributed by atoms with van der Waals surface area (Å²) < 4.78 is 5.33. The maximum Gasteiger partial charge on any atom is 0.250 e. The average molecular weight is 277 g/mol. The number of anilines is 1. The molecule has 3 heteroatoms. The smallest absolute Gasteiger partial charge is 0.250 e.